The van der Waals surface area contributed by atoms with Crippen molar-refractivity contribution in [3.63, 3.8) is 0 Å². The summed E-state index contributed by atoms with van der Waals surface area (Å²) in [6.45, 7) is 5.56. The molecular weight excluding hydrogens is 232 g/mol. The first-order chi connectivity index (χ1) is 8.40. The Kier molecular flexibility index (Phi) is 5.55. The molecule has 0 spiro atoms. The van der Waals surface area contributed by atoms with E-state index in [-0.39, 0.29) is 29.8 Å². The Hall–Kier alpha value is -1.14. The number of carbonyl (C=O) groups is 2. The summed E-state index contributed by atoms with van der Waals surface area (Å²) in [7, 11) is 0. The zero-order valence-electron chi connectivity index (χ0n) is 11.2. The molecule has 1 heterocycles. The normalized spacial score (nSPS) is 21.3. The van der Waals surface area contributed by atoms with Gasteiger partial charge in [-0.25, -0.2) is 0 Å². The van der Waals surface area contributed by atoms with Crippen molar-refractivity contribution in [1.82, 2.24) is 10.2 Å². The molecule has 0 radical (unpaired) electrons. The molecule has 6 heteroatoms. The van der Waals surface area contributed by atoms with Gasteiger partial charge in [0.1, 0.15) is 0 Å². The molecule has 1 saturated heterocycles. The molecule has 1 rings (SSSR count). The van der Waals surface area contributed by atoms with E-state index in [0.717, 1.165) is 25.9 Å². The number of hydrogen-bond acceptors (Lipinski definition) is 4. The highest BCUT2D eigenvalue weighted by molar-refractivity contribution is 5.79. The van der Waals surface area contributed by atoms with Crippen molar-refractivity contribution in [1.29, 1.82) is 0 Å². The van der Waals surface area contributed by atoms with Crippen LogP contribution in [0.25, 0.3) is 0 Å². The van der Waals surface area contributed by atoms with Gasteiger partial charge >= 0.3 is 0 Å². The van der Waals surface area contributed by atoms with Crippen LogP contribution in [0.1, 0.15) is 26.7 Å². The Morgan fingerprint density at radius 3 is 2.33 bits per heavy atom. The summed E-state index contributed by atoms with van der Waals surface area (Å²) >= 11 is 0. The van der Waals surface area contributed by atoms with Crippen molar-refractivity contribution in [3.05, 3.63) is 0 Å². The highest BCUT2D eigenvalue weighted by atomic mass is 16.2. The van der Waals surface area contributed by atoms with Gasteiger partial charge in [-0.3, -0.25) is 14.5 Å². The highest BCUT2D eigenvalue weighted by Crippen LogP contribution is 2.11. The summed E-state index contributed by atoms with van der Waals surface area (Å²) in [5.41, 5.74) is 10.8. The first kappa shape index (κ1) is 14.9. The van der Waals surface area contributed by atoms with Crippen molar-refractivity contribution in [2.24, 2.45) is 17.4 Å². The van der Waals surface area contributed by atoms with E-state index in [9.17, 15) is 9.59 Å². The topological polar surface area (TPSA) is 101 Å². The van der Waals surface area contributed by atoms with Gasteiger partial charge in [0.05, 0.1) is 6.54 Å². The van der Waals surface area contributed by atoms with Gasteiger partial charge in [0, 0.05) is 31.1 Å². The lowest BCUT2D eigenvalue weighted by atomic mass is 10.0. The first-order valence-electron chi connectivity index (χ1n) is 6.46. The third-order valence-electron chi connectivity index (χ3n) is 3.52. The first-order valence-corrected chi connectivity index (χ1v) is 6.46. The Balaban J connectivity index is 2.31. The van der Waals surface area contributed by atoms with Crippen LogP contribution < -0.4 is 16.8 Å². The number of nitrogens with two attached hydrogens (primary N) is 2. The minimum atomic E-state index is -0.303. The second-order valence-electron chi connectivity index (χ2n) is 5.17. The van der Waals surface area contributed by atoms with Crippen LogP contribution in [0, 0.1) is 5.92 Å². The van der Waals surface area contributed by atoms with Crippen LogP contribution >= 0.6 is 0 Å². The van der Waals surface area contributed by atoms with Gasteiger partial charge in [0.15, 0.2) is 0 Å². The molecule has 104 valence electrons. The number of hydrogen-bond donors (Lipinski definition) is 3. The molecule has 0 bridgehead atoms. The van der Waals surface area contributed by atoms with E-state index in [1.54, 1.807) is 0 Å². The van der Waals surface area contributed by atoms with Crippen LogP contribution in [0.4, 0.5) is 0 Å². The van der Waals surface area contributed by atoms with Crippen LogP contribution in [0.2, 0.25) is 0 Å². The fourth-order valence-corrected chi connectivity index (χ4v) is 2.03. The van der Waals surface area contributed by atoms with Crippen molar-refractivity contribution >= 4 is 11.8 Å². The molecule has 1 aliphatic heterocycles. The van der Waals surface area contributed by atoms with Crippen LogP contribution in [0.3, 0.4) is 0 Å². The van der Waals surface area contributed by atoms with Gasteiger partial charge < -0.3 is 16.8 Å². The number of rotatable bonds is 5. The van der Waals surface area contributed by atoms with Gasteiger partial charge in [0.25, 0.3) is 0 Å². The average molecular weight is 256 g/mol. The molecule has 5 N–H and O–H groups in total. The number of piperidine rings is 1. The van der Waals surface area contributed by atoms with E-state index < -0.39 is 0 Å². The molecular formula is C12H24N4O2. The molecule has 2 unspecified atom stereocenters. The third kappa shape index (κ3) is 4.62. The average Bonchev–Trinajstić information content (AvgIpc) is 2.29. The predicted molar refractivity (Wildman–Crippen MR) is 69.6 cm³/mol. The summed E-state index contributed by atoms with van der Waals surface area (Å²) < 4.78 is 0. The molecule has 0 aliphatic carbocycles. The van der Waals surface area contributed by atoms with Crippen LogP contribution in [0.5, 0.6) is 0 Å². The number of nitrogens with one attached hydrogen (secondary N) is 1. The SMILES string of the molecule is CC(N)C(C)C(=O)NC1CCN(CC(N)=O)CC1. The molecule has 0 aromatic rings. The maximum Gasteiger partial charge on any atom is 0.231 e. The molecule has 0 aromatic heterocycles. The van der Waals surface area contributed by atoms with Gasteiger partial charge in [-0.15, -0.1) is 0 Å². The molecule has 1 aliphatic rings. The van der Waals surface area contributed by atoms with Gasteiger partial charge in [-0.2, -0.15) is 0 Å². The Bertz CT molecular complexity index is 298. The number of nitrogens with zero attached hydrogens (tertiary/aromatic N) is 1. The van der Waals surface area contributed by atoms with Crippen molar-refractivity contribution in [3.8, 4) is 0 Å². The molecule has 1 fully saturated rings. The molecule has 0 aromatic carbocycles. The second-order valence-corrected chi connectivity index (χ2v) is 5.17. The summed E-state index contributed by atoms with van der Waals surface area (Å²) in [4.78, 5) is 24.6. The van der Waals surface area contributed by atoms with Crippen molar-refractivity contribution < 1.29 is 9.59 Å². The fraction of sp³-hybridized carbons (Fsp3) is 0.833. The number of likely N-dealkylation sites (tertiary alicyclic amines) is 1. The highest BCUT2D eigenvalue weighted by Gasteiger charge is 2.24. The largest absolute Gasteiger partial charge is 0.369 e. The number of primary amides is 1. The summed E-state index contributed by atoms with van der Waals surface area (Å²) in [5, 5.41) is 3.01. The monoisotopic (exact) mass is 256 g/mol. The van der Waals surface area contributed by atoms with Crippen LogP contribution in [-0.4, -0.2) is 48.4 Å². The van der Waals surface area contributed by atoms with E-state index in [0.29, 0.717) is 6.54 Å². The maximum atomic E-state index is 11.8. The van der Waals surface area contributed by atoms with E-state index in [2.05, 4.69) is 5.32 Å². The minimum Gasteiger partial charge on any atom is -0.369 e. The van der Waals surface area contributed by atoms with Gasteiger partial charge in [-0.1, -0.05) is 6.92 Å². The van der Waals surface area contributed by atoms with Crippen molar-refractivity contribution in [2.75, 3.05) is 19.6 Å². The fourth-order valence-electron chi connectivity index (χ4n) is 2.03. The second kappa shape index (κ2) is 6.70. The summed E-state index contributed by atoms with van der Waals surface area (Å²) in [6, 6.07) is 0.0442. The van der Waals surface area contributed by atoms with Crippen LogP contribution in [-0.2, 0) is 9.59 Å². The third-order valence-corrected chi connectivity index (χ3v) is 3.52. The maximum absolute atomic E-state index is 11.8. The Morgan fingerprint density at radius 1 is 1.33 bits per heavy atom. The Morgan fingerprint density at radius 2 is 1.89 bits per heavy atom. The summed E-state index contributed by atoms with van der Waals surface area (Å²) in [6.07, 6.45) is 1.70. The standard InChI is InChI=1S/C12H24N4O2/c1-8(9(2)13)12(18)15-10-3-5-16(6-4-10)7-11(14)17/h8-10H,3-7,13H2,1-2H3,(H2,14,17)(H,15,18). The van der Waals surface area contributed by atoms with E-state index >= 15 is 0 Å². The van der Waals surface area contributed by atoms with Crippen LogP contribution in [0.15, 0.2) is 0 Å². The van der Waals surface area contributed by atoms with E-state index in [1.165, 1.54) is 0 Å². The number of amides is 2. The minimum absolute atomic E-state index is 0.0124. The Labute approximate surface area is 108 Å². The lowest BCUT2D eigenvalue weighted by Crippen LogP contribution is -2.49. The lowest BCUT2D eigenvalue weighted by Gasteiger charge is -2.32. The zero-order chi connectivity index (χ0) is 13.7. The zero-order valence-corrected chi connectivity index (χ0v) is 11.2. The predicted octanol–water partition coefficient (Wildman–Crippen LogP) is -0.964. The van der Waals surface area contributed by atoms with Gasteiger partial charge in [0.2, 0.25) is 11.8 Å². The lowest BCUT2D eigenvalue weighted by molar-refractivity contribution is -0.126. The van der Waals surface area contributed by atoms with E-state index in [1.807, 2.05) is 18.7 Å². The molecule has 6 nitrogen and oxygen atoms in total. The number of carbonyl (C=O) groups excluding carboxylic acids is 2. The van der Waals surface area contributed by atoms with E-state index in [4.69, 9.17) is 11.5 Å². The quantitative estimate of drug-likeness (QED) is 0.589. The van der Waals surface area contributed by atoms with Crippen molar-refractivity contribution in [2.45, 2.75) is 38.8 Å². The smallest absolute Gasteiger partial charge is 0.231 e. The summed E-state index contributed by atoms with van der Waals surface area (Å²) in [5.74, 6) is -0.463. The molecule has 0 saturated carbocycles. The van der Waals surface area contributed by atoms with Gasteiger partial charge in [-0.05, 0) is 19.8 Å². The molecule has 2 amide bonds. The molecule has 2 atom stereocenters. The molecule has 18 heavy (non-hydrogen) atoms.